The summed E-state index contributed by atoms with van der Waals surface area (Å²) in [6.45, 7) is 9.42. The van der Waals surface area contributed by atoms with Gasteiger partial charge in [0.25, 0.3) is 0 Å². The lowest BCUT2D eigenvalue weighted by Gasteiger charge is -2.33. The van der Waals surface area contributed by atoms with Gasteiger partial charge in [-0.15, -0.1) is 0 Å². The second kappa shape index (κ2) is 7.28. The second-order valence-corrected chi connectivity index (χ2v) is 6.40. The Hall–Kier alpha value is -0.800. The van der Waals surface area contributed by atoms with E-state index in [1.165, 1.54) is 31.2 Å². The monoisotopic (exact) mass is 278 g/mol. The van der Waals surface area contributed by atoms with Crippen molar-refractivity contribution in [1.29, 1.82) is 0 Å². The van der Waals surface area contributed by atoms with E-state index in [2.05, 4.69) is 44.1 Å². The zero-order valence-electron chi connectivity index (χ0n) is 13.5. The van der Waals surface area contributed by atoms with Crippen molar-refractivity contribution in [3.8, 4) is 0 Å². The maximum atomic E-state index is 5.91. The van der Waals surface area contributed by atoms with Gasteiger partial charge >= 0.3 is 0 Å². The van der Waals surface area contributed by atoms with E-state index in [1.807, 2.05) is 0 Å². The van der Waals surface area contributed by atoms with Gasteiger partial charge in [-0.2, -0.15) is 0 Å². The molecule has 1 aromatic rings. The third kappa shape index (κ3) is 4.10. The summed E-state index contributed by atoms with van der Waals surface area (Å²) < 4.78 is 5.91. The predicted molar refractivity (Wildman–Crippen MR) is 83.7 cm³/mol. The molecule has 0 bridgehead atoms. The normalized spacial score (nSPS) is 23.4. The van der Waals surface area contributed by atoms with Crippen LogP contribution in [0.2, 0.25) is 0 Å². The molecule has 0 aliphatic heterocycles. The molecule has 1 aliphatic rings. The lowest BCUT2D eigenvalue weighted by atomic mass is 9.87. The van der Waals surface area contributed by atoms with Crippen molar-refractivity contribution in [3.63, 3.8) is 0 Å². The van der Waals surface area contributed by atoms with Crippen LogP contribution in [0.4, 0.5) is 0 Å². The van der Waals surface area contributed by atoms with E-state index in [-0.39, 0.29) is 0 Å². The van der Waals surface area contributed by atoms with Gasteiger partial charge in [0, 0.05) is 18.2 Å². The maximum Gasteiger partial charge on any atom is 0.118 e. The van der Waals surface area contributed by atoms with Crippen LogP contribution in [0, 0.1) is 12.8 Å². The van der Waals surface area contributed by atoms with Crippen molar-refractivity contribution in [1.82, 2.24) is 10.2 Å². The Kier molecular flexibility index (Phi) is 5.67. The second-order valence-electron chi connectivity index (χ2n) is 6.40. The summed E-state index contributed by atoms with van der Waals surface area (Å²) >= 11 is 0. The van der Waals surface area contributed by atoms with Gasteiger partial charge in [-0.05, 0) is 58.2 Å². The lowest BCUT2D eigenvalue weighted by molar-refractivity contribution is 0.154. The summed E-state index contributed by atoms with van der Waals surface area (Å²) in [7, 11) is 2.24. The maximum absolute atomic E-state index is 5.91. The molecular formula is C17H30N2O. The molecule has 0 amide bonds. The fourth-order valence-corrected chi connectivity index (χ4v) is 3.16. The van der Waals surface area contributed by atoms with Crippen LogP contribution >= 0.6 is 0 Å². The van der Waals surface area contributed by atoms with Gasteiger partial charge in [0.05, 0.1) is 6.54 Å². The van der Waals surface area contributed by atoms with Gasteiger partial charge in [-0.3, -0.25) is 4.90 Å². The molecule has 1 heterocycles. The molecule has 20 heavy (non-hydrogen) atoms. The molecule has 1 saturated carbocycles. The van der Waals surface area contributed by atoms with Crippen molar-refractivity contribution in [2.45, 2.75) is 65.6 Å². The molecular weight excluding hydrogens is 248 g/mol. The first-order valence-electron chi connectivity index (χ1n) is 8.09. The molecule has 1 aromatic heterocycles. The first-order valence-corrected chi connectivity index (χ1v) is 8.09. The van der Waals surface area contributed by atoms with Gasteiger partial charge in [0.15, 0.2) is 0 Å². The average Bonchev–Trinajstić information content (AvgIpc) is 2.77. The van der Waals surface area contributed by atoms with E-state index in [0.717, 1.165) is 43.1 Å². The summed E-state index contributed by atoms with van der Waals surface area (Å²) in [4.78, 5) is 2.47. The summed E-state index contributed by atoms with van der Waals surface area (Å²) in [6.07, 6.45) is 5.42. The fraction of sp³-hybridized carbons (Fsp3) is 0.765. The Morgan fingerprint density at radius 2 is 2.00 bits per heavy atom. The first-order chi connectivity index (χ1) is 9.60. The molecule has 1 N–H and O–H groups in total. The highest BCUT2D eigenvalue weighted by atomic mass is 16.3. The summed E-state index contributed by atoms with van der Waals surface area (Å²) in [5, 5.41) is 3.37. The van der Waals surface area contributed by atoms with Crippen molar-refractivity contribution in [3.05, 3.63) is 23.2 Å². The van der Waals surface area contributed by atoms with Crippen molar-refractivity contribution in [2.24, 2.45) is 5.92 Å². The predicted octanol–water partition coefficient (Wildman–Crippen LogP) is 3.71. The van der Waals surface area contributed by atoms with Crippen LogP contribution in [-0.4, -0.2) is 24.5 Å². The molecule has 0 aromatic carbocycles. The van der Waals surface area contributed by atoms with Crippen LogP contribution in [0.25, 0.3) is 0 Å². The molecule has 0 unspecified atom stereocenters. The van der Waals surface area contributed by atoms with Crippen LogP contribution in [0.1, 0.15) is 56.6 Å². The third-order valence-corrected chi connectivity index (χ3v) is 4.65. The molecule has 0 atom stereocenters. The largest absolute Gasteiger partial charge is 0.465 e. The summed E-state index contributed by atoms with van der Waals surface area (Å²) in [5.74, 6) is 3.08. The van der Waals surface area contributed by atoms with E-state index in [9.17, 15) is 0 Å². The average molecular weight is 278 g/mol. The molecule has 1 fully saturated rings. The Bertz CT molecular complexity index is 405. The number of hydrogen-bond acceptors (Lipinski definition) is 3. The molecule has 3 heteroatoms. The number of furan rings is 1. The lowest BCUT2D eigenvalue weighted by Crippen LogP contribution is -2.34. The van der Waals surface area contributed by atoms with Crippen LogP contribution in [0.15, 0.2) is 10.5 Å². The topological polar surface area (TPSA) is 28.4 Å². The molecule has 114 valence electrons. The van der Waals surface area contributed by atoms with Gasteiger partial charge in [-0.1, -0.05) is 13.8 Å². The Balaban J connectivity index is 1.89. The molecule has 0 spiro atoms. The number of aryl methyl sites for hydroxylation is 1. The van der Waals surface area contributed by atoms with E-state index in [0.29, 0.717) is 0 Å². The minimum atomic E-state index is 0.730. The number of rotatable bonds is 6. The highest BCUT2D eigenvalue weighted by Gasteiger charge is 2.22. The van der Waals surface area contributed by atoms with Crippen LogP contribution in [0.5, 0.6) is 0 Å². The van der Waals surface area contributed by atoms with Gasteiger partial charge in [0.2, 0.25) is 0 Å². The molecule has 0 radical (unpaired) electrons. The minimum Gasteiger partial charge on any atom is -0.465 e. The van der Waals surface area contributed by atoms with E-state index in [4.69, 9.17) is 4.42 Å². The third-order valence-electron chi connectivity index (χ3n) is 4.65. The molecule has 2 rings (SSSR count). The summed E-state index contributed by atoms with van der Waals surface area (Å²) in [6, 6.07) is 2.95. The smallest absolute Gasteiger partial charge is 0.118 e. The Labute approximate surface area is 123 Å². The highest BCUT2D eigenvalue weighted by Crippen LogP contribution is 2.27. The van der Waals surface area contributed by atoms with E-state index in [1.54, 1.807) is 0 Å². The standard InChI is InChI=1S/C17H30N2O/c1-5-18-11-15-10-17(20-14(15)3)12-19(4)16-8-6-13(2)7-9-16/h10,13,16,18H,5-9,11-12H2,1-4H3. The van der Waals surface area contributed by atoms with Crippen LogP contribution in [0.3, 0.4) is 0 Å². The Morgan fingerprint density at radius 3 is 2.65 bits per heavy atom. The molecule has 0 saturated heterocycles. The van der Waals surface area contributed by atoms with Crippen molar-refractivity contribution < 1.29 is 4.42 Å². The van der Waals surface area contributed by atoms with E-state index < -0.39 is 0 Å². The zero-order chi connectivity index (χ0) is 14.5. The number of nitrogens with zero attached hydrogens (tertiary/aromatic N) is 1. The SMILES string of the molecule is CCNCc1cc(CN(C)C2CCC(C)CC2)oc1C. The van der Waals surface area contributed by atoms with Gasteiger partial charge in [0.1, 0.15) is 11.5 Å². The first kappa shape index (κ1) is 15.6. The Morgan fingerprint density at radius 1 is 1.30 bits per heavy atom. The van der Waals surface area contributed by atoms with Crippen molar-refractivity contribution in [2.75, 3.05) is 13.6 Å². The van der Waals surface area contributed by atoms with Crippen molar-refractivity contribution >= 4 is 0 Å². The van der Waals surface area contributed by atoms with Gasteiger partial charge in [-0.25, -0.2) is 0 Å². The number of hydrogen-bond donors (Lipinski definition) is 1. The van der Waals surface area contributed by atoms with Gasteiger partial charge < -0.3 is 9.73 Å². The van der Waals surface area contributed by atoms with E-state index >= 15 is 0 Å². The molecule has 3 nitrogen and oxygen atoms in total. The summed E-state index contributed by atoms with van der Waals surface area (Å²) in [5.41, 5.74) is 1.30. The number of nitrogens with one attached hydrogen (secondary N) is 1. The minimum absolute atomic E-state index is 0.730. The fourth-order valence-electron chi connectivity index (χ4n) is 3.16. The quantitative estimate of drug-likeness (QED) is 0.860. The van der Waals surface area contributed by atoms with Crippen LogP contribution < -0.4 is 5.32 Å². The molecule has 1 aliphatic carbocycles. The zero-order valence-corrected chi connectivity index (χ0v) is 13.5. The highest BCUT2D eigenvalue weighted by molar-refractivity contribution is 5.20. The van der Waals surface area contributed by atoms with Crippen LogP contribution in [-0.2, 0) is 13.1 Å².